The van der Waals surface area contributed by atoms with Crippen molar-refractivity contribution in [2.45, 2.75) is 53.4 Å². The fourth-order valence-electron chi connectivity index (χ4n) is 12.0. The number of unbranched alkanes of at least 4 members (excludes halogenated alkanes) is 2. The van der Waals surface area contributed by atoms with Gasteiger partial charge in [-0.1, -0.05) is 26.7 Å². The first-order valence-electron chi connectivity index (χ1n) is 12.8. The van der Waals surface area contributed by atoms with Crippen molar-refractivity contribution in [1.29, 1.82) is 0 Å². The number of hydrogen-bond donors (Lipinski definition) is 0. The zero-order valence-electron chi connectivity index (χ0n) is 18.8. The van der Waals surface area contributed by atoms with Crippen molar-refractivity contribution in [3.63, 3.8) is 0 Å². The first kappa shape index (κ1) is 18.5. The Balaban J connectivity index is 1.22. The second-order valence-electron chi connectivity index (χ2n) is 12.3. The Morgan fingerprint density at radius 3 is 1.10 bits per heavy atom. The third-order valence-electron chi connectivity index (χ3n) is 12.0. The molecular weight excluding hydrogens is 376 g/mol. The highest BCUT2D eigenvalue weighted by atomic mass is 16.5. The molecule has 8 rings (SSSR count). The molecule has 0 amide bonds. The quantitative estimate of drug-likeness (QED) is 0.443. The molecule has 0 aromatic carbocycles. The third kappa shape index (κ3) is 1.53. The lowest BCUT2D eigenvalue weighted by Gasteiger charge is -2.34. The Bertz CT molecular complexity index is 677. The van der Waals surface area contributed by atoms with Crippen molar-refractivity contribution in [3.05, 3.63) is 0 Å². The van der Waals surface area contributed by atoms with E-state index in [1.54, 1.807) is 0 Å². The molecule has 8 aliphatic rings. The minimum Gasteiger partial charge on any atom is -0.465 e. The van der Waals surface area contributed by atoms with Crippen LogP contribution in [0.1, 0.15) is 53.4 Å². The molecule has 0 atom stereocenters. The highest BCUT2D eigenvalue weighted by Gasteiger charge is 2.97. The molecule has 0 aromatic rings. The molecule has 0 heterocycles. The van der Waals surface area contributed by atoms with Gasteiger partial charge in [0.2, 0.25) is 0 Å². The number of rotatable bonds is 8. The standard InChI is InChI=1S/C26H36O4/c1-5-7-9-29-23(27)25(3)19-11-12-16-18-14(20(12)25)13(19)17-15(11)21(16)26(4,22(17)18)24(28)30-10-8-6-2/h11-22H,5-10H2,1-4H3. The van der Waals surface area contributed by atoms with Crippen LogP contribution >= 0.6 is 0 Å². The van der Waals surface area contributed by atoms with Crippen LogP contribution in [0.15, 0.2) is 0 Å². The Morgan fingerprint density at radius 1 is 0.600 bits per heavy atom. The maximum Gasteiger partial charge on any atom is 0.312 e. The molecule has 0 aromatic heterocycles. The molecular formula is C26H36O4. The van der Waals surface area contributed by atoms with Gasteiger partial charge in [-0.25, -0.2) is 0 Å². The van der Waals surface area contributed by atoms with Gasteiger partial charge in [0.05, 0.1) is 24.0 Å². The molecule has 4 heteroatoms. The number of esters is 2. The zero-order valence-corrected chi connectivity index (χ0v) is 18.8. The van der Waals surface area contributed by atoms with Crippen molar-refractivity contribution in [1.82, 2.24) is 0 Å². The molecule has 30 heavy (non-hydrogen) atoms. The van der Waals surface area contributed by atoms with E-state index in [0.29, 0.717) is 84.2 Å². The van der Waals surface area contributed by atoms with Crippen molar-refractivity contribution in [2.75, 3.05) is 13.2 Å². The first-order valence-corrected chi connectivity index (χ1v) is 12.8. The molecule has 8 aliphatic carbocycles. The molecule has 4 nitrogen and oxygen atoms in total. The molecule has 4 bridgehead atoms. The van der Waals surface area contributed by atoms with Gasteiger partial charge in [0.25, 0.3) is 0 Å². The topological polar surface area (TPSA) is 52.6 Å². The molecule has 0 unspecified atom stereocenters. The summed E-state index contributed by atoms with van der Waals surface area (Å²) in [5.74, 6) is 7.80. The molecule has 0 N–H and O–H groups in total. The fraction of sp³-hybridized carbons (Fsp3) is 0.923. The summed E-state index contributed by atoms with van der Waals surface area (Å²) in [5.41, 5.74) is -0.493. The third-order valence-corrected chi connectivity index (χ3v) is 12.0. The van der Waals surface area contributed by atoms with E-state index in [0.717, 1.165) is 25.7 Å². The lowest BCUT2D eigenvalue weighted by Crippen LogP contribution is -2.41. The van der Waals surface area contributed by atoms with Crippen LogP contribution in [-0.2, 0) is 19.1 Å². The first-order chi connectivity index (χ1) is 14.5. The van der Waals surface area contributed by atoms with Crippen LogP contribution in [0.2, 0.25) is 0 Å². The lowest BCUT2D eigenvalue weighted by atomic mass is 9.70. The van der Waals surface area contributed by atoms with E-state index in [2.05, 4.69) is 27.7 Å². The molecule has 0 spiro atoms. The molecule has 164 valence electrons. The van der Waals surface area contributed by atoms with E-state index in [-0.39, 0.29) is 22.8 Å². The summed E-state index contributed by atoms with van der Waals surface area (Å²) < 4.78 is 11.7. The highest BCUT2D eigenvalue weighted by Crippen LogP contribution is 2.98. The fourth-order valence-corrected chi connectivity index (χ4v) is 12.0. The van der Waals surface area contributed by atoms with Gasteiger partial charge >= 0.3 is 11.9 Å². The summed E-state index contributed by atoms with van der Waals surface area (Å²) in [6.07, 6.45) is 4.07. The predicted molar refractivity (Wildman–Crippen MR) is 110 cm³/mol. The molecule has 0 aliphatic heterocycles. The second-order valence-corrected chi connectivity index (χ2v) is 12.3. The SMILES string of the molecule is CCCCOC(=O)C1(C)C2C3C4C5C6C(C2C2C3C5C(C)(C(=O)OCCCC)C26)C41. The minimum absolute atomic E-state index is 0.115. The molecule has 0 saturated heterocycles. The van der Waals surface area contributed by atoms with Crippen LogP contribution < -0.4 is 0 Å². The van der Waals surface area contributed by atoms with E-state index < -0.39 is 0 Å². The Hall–Kier alpha value is -1.06. The lowest BCUT2D eigenvalue weighted by molar-refractivity contribution is -0.162. The van der Waals surface area contributed by atoms with Gasteiger partial charge in [-0.05, 0) is 97.7 Å². The maximum absolute atomic E-state index is 13.4. The normalized spacial score (nSPS) is 60.7. The Morgan fingerprint density at radius 2 is 0.867 bits per heavy atom. The summed E-state index contributed by atoms with van der Waals surface area (Å²) in [6, 6.07) is 0. The van der Waals surface area contributed by atoms with Crippen molar-refractivity contribution >= 4 is 11.9 Å². The summed E-state index contributed by atoms with van der Waals surface area (Å²) >= 11 is 0. The number of ether oxygens (including phenoxy) is 2. The van der Waals surface area contributed by atoms with Crippen LogP contribution in [-0.4, -0.2) is 25.2 Å². The minimum atomic E-state index is -0.246. The van der Waals surface area contributed by atoms with E-state index in [1.165, 1.54) is 0 Å². The van der Waals surface area contributed by atoms with Crippen LogP contribution in [0.5, 0.6) is 0 Å². The zero-order chi connectivity index (χ0) is 20.7. The van der Waals surface area contributed by atoms with Gasteiger partial charge in [0.15, 0.2) is 0 Å². The number of carbonyl (C=O) groups excluding carboxylic acids is 2. The monoisotopic (exact) mass is 412 g/mol. The van der Waals surface area contributed by atoms with Gasteiger partial charge in [0.1, 0.15) is 0 Å². The average Bonchev–Trinajstić information content (AvgIpc) is 3.49. The van der Waals surface area contributed by atoms with E-state index in [4.69, 9.17) is 9.47 Å². The van der Waals surface area contributed by atoms with Gasteiger partial charge in [-0.15, -0.1) is 0 Å². The smallest absolute Gasteiger partial charge is 0.312 e. The van der Waals surface area contributed by atoms with Crippen molar-refractivity contribution in [2.24, 2.45) is 81.8 Å². The van der Waals surface area contributed by atoms with Crippen LogP contribution in [0.25, 0.3) is 0 Å². The number of hydrogen-bond acceptors (Lipinski definition) is 4. The van der Waals surface area contributed by atoms with Crippen LogP contribution in [0, 0.1) is 81.8 Å². The van der Waals surface area contributed by atoms with Gasteiger partial charge in [-0.3, -0.25) is 9.59 Å². The van der Waals surface area contributed by atoms with Crippen LogP contribution in [0.4, 0.5) is 0 Å². The van der Waals surface area contributed by atoms with Crippen LogP contribution in [0.3, 0.4) is 0 Å². The van der Waals surface area contributed by atoms with Gasteiger partial charge in [0, 0.05) is 0 Å². The second kappa shape index (κ2) is 5.46. The van der Waals surface area contributed by atoms with Crippen molar-refractivity contribution < 1.29 is 19.1 Å². The van der Waals surface area contributed by atoms with E-state index >= 15 is 0 Å². The Kier molecular flexibility index (Phi) is 3.37. The average molecular weight is 413 g/mol. The summed E-state index contributed by atoms with van der Waals surface area (Å²) in [4.78, 5) is 26.7. The highest BCUT2D eigenvalue weighted by molar-refractivity contribution is 5.82. The summed E-state index contributed by atoms with van der Waals surface area (Å²) in [5, 5.41) is 0. The summed E-state index contributed by atoms with van der Waals surface area (Å²) in [6.45, 7) is 10.0. The molecule has 8 fully saturated rings. The van der Waals surface area contributed by atoms with E-state index in [9.17, 15) is 9.59 Å². The Labute approximate surface area is 179 Å². The molecule has 8 saturated carbocycles. The van der Waals surface area contributed by atoms with E-state index in [1.807, 2.05) is 0 Å². The van der Waals surface area contributed by atoms with Gasteiger partial charge < -0.3 is 9.47 Å². The maximum atomic E-state index is 13.4. The summed E-state index contributed by atoms with van der Waals surface area (Å²) in [7, 11) is 0. The predicted octanol–water partition coefficient (Wildman–Crippen LogP) is 4.18. The van der Waals surface area contributed by atoms with Gasteiger partial charge in [-0.2, -0.15) is 0 Å². The largest absolute Gasteiger partial charge is 0.465 e. The van der Waals surface area contributed by atoms with Crippen molar-refractivity contribution in [3.8, 4) is 0 Å². The molecule has 0 radical (unpaired) electrons. The number of carbonyl (C=O) groups is 2.